The van der Waals surface area contributed by atoms with Crippen LogP contribution in [0.5, 0.6) is 0 Å². The highest BCUT2D eigenvalue weighted by Gasteiger charge is 2.11. The van der Waals surface area contributed by atoms with Gasteiger partial charge in [0.15, 0.2) is 0 Å². The topological polar surface area (TPSA) is 12.0 Å². The van der Waals surface area contributed by atoms with Gasteiger partial charge in [0, 0.05) is 18.2 Å². The van der Waals surface area contributed by atoms with Gasteiger partial charge in [-0.2, -0.15) is 0 Å². The van der Waals surface area contributed by atoms with Crippen LogP contribution in [-0.2, 0) is 6.54 Å². The average Bonchev–Trinajstić information content (AvgIpc) is 2.50. The molecule has 0 bridgehead atoms. The Morgan fingerprint density at radius 3 is 2.40 bits per heavy atom. The standard InChI is InChI=1S/C18H22FN/c1-2-3-13-18(15-9-5-4-6-10-15)20-14-16-11-7-8-12-17(16)19/h4-12,18,20H,2-3,13-14H2,1H3. The van der Waals surface area contributed by atoms with Gasteiger partial charge in [-0.15, -0.1) is 0 Å². The van der Waals surface area contributed by atoms with E-state index < -0.39 is 0 Å². The maximum Gasteiger partial charge on any atom is 0.127 e. The molecule has 2 aromatic carbocycles. The fourth-order valence-corrected chi connectivity index (χ4v) is 2.36. The summed E-state index contributed by atoms with van der Waals surface area (Å²) in [6.07, 6.45) is 3.42. The average molecular weight is 271 g/mol. The van der Waals surface area contributed by atoms with Gasteiger partial charge >= 0.3 is 0 Å². The lowest BCUT2D eigenvalue weighted by atomic mass is 10.0. The molecule has 1 nitrogen and oxygen atoms in total. The highest BCUT2D eigenvalue weighted by atomic mass is 19.1. The summed E-state index contributed by atoms with van der Waals surface area (Å²) in [7, 11) is 0. The third-order valence-electron chi connectivity index (χ3n) is 3.55. The molecule has 0 saturated carbocycles. The van der Waals surface area contributed by atoms with Crippen molar-refractivity contribution in [2.45, 2.75) is 38.8 Å². The molecule has 0 spiro atoms. The lowest BCUT2D eigenvalue weighted by Crippen LogP contribution is -2.21. The first-order valence-corrected chi connectivity index (χ1v) is 7.33. The molecular formula is C18H22FN. The summed E-state index contributed by atoms with van der Waals surface area (Å²) in [5.41, 5.74) is 2.00. The Labute approximate surface area is 120 Å². The lowest BCUT2D eigenvalue weighted by molar-refractivity contribution is 0.472. The van der Waals surface area contributed by atoms with Crippen LogP contribution < -0.4 is 5.32 Å². The number of hydrogen-bond donors (Lipinski definition) is 1. The number of halogens is 1. The zero-order valence-corrected chi connectivity index (χ0v) is 12.0. The number of unbranched alkanes of at least 4 members (excludes halogenated alkanes) is 1. The van der Waals surface area contributed by atoms with Gasteiger partial charge in [0.1, 0.15) is 5.82 Å². The molecule has 0 heterocycles. The van der Waals surface area contributed by atoms with Gasteiger partial charge in [0.05, 0.1) is 0 Å². The van der Waals surface area contributed by atoms with Crippen molar-refractivity contribution in [3.8, 4) is 0 Å². The number of nitrogens with one attached hydrogen (secondary N) is 1. The molecule has 2 aromatic rings. The molecule has 0 aliphatic heterocycles. The Morgan fingerprint density at radius 2 is 1.70 bits per heavy atom. The summed E-state index contributed by atoms with van der Waals surface area (Å²) in [6.45, 7) is 2.76. The van der Waals surface area contributed by atoms with Crippen molar-refractivity contribution in [2.24, 2.45) is 0 Å². The van der Waals surface area contributed by atoms with E-state index in [-0.39, 0.29) is 11.9 Å². The third-order valence-corrected chi connectivity index (χ3v) is 3.55. The molecule has 0 aliphatic rings. The minimum absolute atomic E-state index is 0.137. The van der Waals surface area contributed by atoms with Crippen LogP contribution in [0.15, 0.2) is 54.6 Å². The highest BCUT2D eigenvalue weighted by Crippen LogP contribution is 2.20. The van der Waals surface area contributed by atoms with E-state index in [1.165, 1.54) is 24.5 Å². The molecule has 1 atom stereocenters. The molecule has 2 rings (SSSR count). The van der Waals surface area contributed by atoms with E-state index >= 15 is 0 Å². The second-order valence-corrected chi connectivity index (χ2v) is 5.08. The molecule has 106 valence electrons. The first-order chi connectivity index (χ1) is 9.81. The van der Waals surface area contributed by atoms with Crippen LogP contribution in [0.25, 0.3) is 0 Å². The van der Waals surface area contributed by atoms with Crippen molar-refractivity contribution in [3.05, 3.63) is 71.5 Å². The van der Waals surface area contributed by atoms with Crippen LogP contribution >= 0.6 is 0 Å². The molecular weight excluding hydrogens is 249 g/mol. The minimum Gasteiger partial charge on any atom is -0.306 e. The Hall–Kier alpha value is -1.67. The Kier molecular flexibility index (Phi) is 5.75. The first kappa shape index (κ1) is 14.7. The maximum atomic E-state index is 13.7. The van der Waals surface area contributed by atoms with E-state index in [1.54, 1.807) is 6.07 Å². The van der Waals surface area contributed by atoms with E-state index in [9.17, 15) is 4.39 Å². The van der Waals surface area contributed by atoms with Gasteiger partial charge in [0.25, 0.3) is 0 Å². The number of hydrogen-bond acceptors (Lipinski definition) is 1. The SMILES string of the molecule is CCCCC(NCc1ccccc1F)c1ccccc1. The van der Waals surface area contributed by atoms with Crippen molar-refractivity contribution in [1.82, 2.24) is 5.32 Å². The van der Waals surface area contributed by atoms with Gasteiger partial charge in [-0.05, 0) is 18.1 Å². The quantitative estimate of drug-likeness (QED) is 0.759. The number of benzene rings is 2. The third kappa shape index (κ3) is 4.17. The first-order valence-electron chi connectivity index (χ1n) is 7.33. The van der Waals surface area contributed by atoms with Crippen LogP contribution in [-0.4, -0.2) is 0 Å². The second-order valence-electron chi connectivity index (χ2n) is 5.08. The van der Waals surface area contributed by atoms with Crippen LogP contribution in [0.3, 0.4) is 0 Å². The summed E-state index contributed by atoms with van der Waals surface area (Å²) < 4.78 is 13.7. The van der Waals surface area contributed by atoms with Crippen molar-refractivity contribution in [2.75, 3.05) is 0 Å². The van der Waals surface area contributed by atoms with Crippen LogP contribution in [0.1, 0.15) is 43.4 Å². The van der Waals surface area contributed by atoms with E-state index in [0.717, 1.165) is 12.0 Å². The van der Waals surface area contributed by atoms with Crippen molar-refractivity contribution in [3.63, 3.8) is 0 Å². The fourth-order valence-electron chi connectivity index (χ4n) is 2.36. The molecule has 0 aliphatic carbocycles. The lowest BCUT2D eigenvalue weighted by Gasteiger charge is -2.19. The minimum atomic E-state index is -0.137. The molecule has 0 aromatic heterocycles. The number of rotatable bonds is 7. The van der Waals surface area contributed by atoms with Gasteiger partial charge in [-0.1, -0.05) is 68.3 Å². The molecule has 0 amide bonds. The predicted octanol–water partition coefficient (Wildman–Crippen LogP) is 4.85. The van der Waals surface area contributed by atoms with E-state index in [2.05, 4.69) is 36.5 Å². The van der Waals surface area contributed by atoms with E-state index in [0.29, 0.717) is 6.54 Å². The normalized spacial score (nSPS) is 12.3. The highest BCUT2D eigenvalue weighted by molar-refractivity contribution is 5.20. The maximum absolute atomic E-state index is 13.7. The van der Waals surface area contributed by atoms with Crippen molar-refractivity contribution < 1.29 is 4.39 Å². The largest absolute Gasteiger partial charge is 0.306 e. The summed E-state index contributed by atoms with van der Waals surface area (Å²) in [5, 5.41) is 3.49. The molecule has 0 radical (unpaired) electrons. The summed E-state index contributed by atoms with van der Waals surface area (Å²) in [5.74, 6) is -0.137. The van der Waals surface area contributed by atoms with Gasteiger partial charge in [0.2, 0.25) is 0 Å². The zero-order valence-electron chi connectivity index (χ0n) is 12.0. The van der Waals surface area contributed by atoms with Gasteiger partial charge in [-0.3, -0.25) is 0 Å². The Morgan fingerprint density at radius 1 is 1.00 bits per heavy atom. The van der Waals surface area contributed by atoms with Crippen LogP contribution in [0, 0.1) is 5.82 Å². The zero-order chi connectivity index (χ0) is 14.2. The van der Waals surface area contributed by atoms with Crippen molar-refractivity contribution >= 4 is 0 Å². The molecule has 20 heavy (non-hydrogen) atoms. The molecule has 1 N–H and O–H groups in total. The summed E-state index contributed by atoms with van der Waals surface area (Å²) >= 11 is 0. The molecule has 2 heteroatoms. The Bertz CT molecular complexity index is 510. The second kappa shape index (κ2) is 7.81. The molecule has 0 fully saturated rings. The van der Waals surface area contributed by atoms with Crippen LogP contribution in [0.2, 0.25) is 0 Å². The van der Waals surface area contributed by atoms with Crippen molar-refractivity contribution in [1.29, 1.82) is 0 Å². The summed E-state index contributed by atoms with van der Waals surface area (Å²) in [4.78, 5) is 0. The molecule has 1 unspecified atom stereocenters. The van der Waals surface area contributed by atoms with E-state index in [1.807, 2.05) is 18.2 Å². The monoisotopic (exact) mass is 271 g/mol. The van der Waals surface area contributed by atoms with E-state index in [4.69, 9.17) is 0 Å². The fraction of sp³-hybridized carbons (Fsp3) is 0.333. The smallest absolute Gasteiger partial charge is 0.127 e. The van der Waals surface area contributed by atoms with Crippen LogP contribution in [0.4, 0.5) is 4.39 Å². The van der Waals surface area contributed by atoms with Gasteiger partial charge < -0.3 is 5.32 Å². The van der Waals surface area contributed by atoms with Gasteiger partial charge in [-0.25, -0.2) is 4.39 Å². The molecule has 0 saturated heterocycles. The predicted molar refractivity (Wildman–Crippen MR) is 81.9 cm³/mol. The Balaban J connectivity index is 2.03. The summed E-state index contributed by atoms with van der Waals surface area (Å²) in [6, 6.07) is 17.6.